The minimum atomic E-state index is -0.136. The molecular formula is C17H24N4O2. The zero-order valence-corrected chi connectivity index (χ0v) is 13.6. The largest absolute Gasteiger partial charge is 0.340 e. The summed E-state index contributed by atoms with van der Waals surface area (Å²) in [4.78, 5) is 36.6. The van der Waals surface area contributed by atoms with Gasteiger partial charge in [-0.05, 0) is 19.8 Å². The zero-order valence-electron chi connectivity index (χ0n) is 13.6. The van der Waals surface area contributed by atoms with Crippen molar-refractivity contribution >= 4 is 11.8 Å². The lowest BCUT2D eigenvalue weighted by molar-refractivity contribution is -0.142. The number of amides is 2. The van der Waals surface area contributed by atoms with Gasteiger partial charge in [0.05, 0.1) is 12.1 Å². The van der Waals surface area contributed by atoms with E-state index in [0.29, 0.717) is 24.8 Å². The number of nitrogens with zero attached hydrogens (tertiary/aromatic N) is 4. The van der Waals surface area contributed by atoms with Crippen LogP contribution < -0.4 is 0 Å². The molecule has 0 N–H and O–H groups in total. The van der Waals surface area contributed by atoms with E-state index in [9.17, 15) is 9.59 Å². The van der Waals surface area contributed by atoms with Crippen LogP contribution in [0.4, 0.5) is 0 Å². The molecule has 2 amide bonds. The van der Waals surface area contributed by atoms with E-state index >= 15 is 0 Å². The Labute approximate surface area is 136 Å². The number of carbonyl (C=O) groups is 2. The first kappa shape index (κ1) is 15.9. The summed E-state index contributed by atoms with van der Waals surface area (Å²) in [7, 11) is 0. The van der Waals surface area contributed by atoms with Crippen LogP contribution in [0.2, 0.25) is 0 Å². The summed E-state index contributed by atoms with van der Waals surface area (Å²) in [6, 6.07) is 0.394. The lowest BCUT2D eigenvalue weighted by Gasteiger charge is -2.43. The fraction of sp³-hybridized carbons (Fsp3) is 0.647. The standard InChI is InChI=1S/C17H24N4O2/c1-2-21(14-6-4-3-5-7-14)16(22)13-11-20(12-13)17(23)15-10-18-8-9-19-15/h8-10,13-14H,2-7,11-12H2,1H3. The predicted molar refractivity (Wildman–Crippen MR) is 85.7 cm³/mol. The first-order valence-corrected chi connectivity index (χ1v) is 8.56. The number of hydrogen-bond donors (Lipinski definition) is 0. The van der Waals surface area contributed by atoms with Crippen LogP contribution in [0.1, 0.15) is 49.5 Å². The molecule has 23 heavy (non-hydrogen) atoms. The third-order valence-corrected chi connectivity index (χ3v) is 4.94. The maximum atomic E-state index is 12.7. The van der Waals surface area contributed by atoms with E-state index in [4.69, 9.17) is 0 Å². The van der Waals surface area contributed by atoms with Crippen molar-refractivity contribution in [2.45, 2.75) is 45.1 Å². The summed E-state index contributed by atoms with van der Waals surface area (Å²) in [5.74, 6) is 0.0166. The first-order chi connectivity index (χ1) is 11.2. The normalized spacial score (nSPS) is 19.3. The van der Waals surface area contributed by atoms with E-state index in [0.717, 1.165) is 19.4 Å². The smallest absolute Gasteiger partial charge is 0.274 e. The second-order valence-corrected chi connectivity index (χ2v) is 6.41. The van der Waals surface area contributed by atoms with Crippen LogP contribution in [0.3, 0.4) is 0 Å². The lowest BCUT2D eigenvalue weighted by Crippen LogP contribution is -2.58. The number of likely N-dealkylation sites (tertiary alicyclic amines) is 1. The maximum absolute atomic E-state index is 12.7. The maximum Gasteiger partial charge on any atom is 0.274 e. The van der Waals surface area contributed by atoms with Gasteiger partial charge in [-0.2, -0.15) is 0 Å². The van der Waals surface area contributed by atoms with E-state index in [2.05, 4.69) is 9.97 Å². The Bertz CT molecular complexity index is 551. The number of hydrogen-bond acceptors (Lipinski definition) is 4. The van der Waals surface area contributed by atoms with Crippen molar-refractivity contribution in [2.24, 2.45) is 5.92 Å². The van der Waals surface area contributed by atoms with Crippen molar-refractivity contribution < 1.29 is 9.59 Å². The summed E-state index contributed by atoms with van der Waals surface area (Å²) in [5.41, 5.74) is 0.345. The van der Waals surface area contributed by atoms with Crippen LogP contribution in [0.25, 0.3) is 0 Å². The topological polar surface area (TPSA) is 66.4 Å². The van der Waals surface area contributed by atoms with Gasteiger partial charge in [-0.15, -0.1) is 0 Å². The summed E-state index contributed by atoms with van der Waals surface area (Å²) in [5, 5.41) is 0. The monoisotopic (exact) mass is 316 g/mol. The highest BCUT2D eigenvalue weighted by Gasteiger charge is 2.39. The van der Waals surface area contributed by atoms with E-state index in [-0.39, 0.29) is 17.7 Å². The second kappa shape index (κ2) is 7.06. The van der Waals surface area contributed by atoms with Crippen LogP contribution in [0, 0.1) is 5.92 Å². The van der Waals surface area contributed by atoms with Gasteiger partial charge in [-0.3, -0.25) is 14.6 Å². The third-order valence-electron chi connectivity index (χ3n) is 4.94. The zero-order chi connectivity index (χ0) is 16.2. The average Bonchev–Trinajstić information content (AvgIpc) is 2.56. The summed E-state index contributed by atoms with van der Waals surface area (Å²) >= 11 is 0. The molecule has 2 heterocycles. The SMILES string of the molecule is CCN(C(=O)C1CN(C(=O)c2cnccn2)C1)C1CCCCC1. The molecule has 6 nitrogen and oxygen atoms in total. The van der Waals surface area contributed by atoms with Gasteiger partial charge in [0.25, 0.3) is 5.91 Å². The van der Waals surface area contributed by atoms with Gasteiger partial charge in [-0.1, -0.05) is 19.3 Å². The van der Waals surface area contributed by atoms with Crippen molar-refractivity contribution in [3.63, 3.8) is 0 Å². The Morgan fingerprint density at radius 1 is 1.22 bits per heavy atom. The van der Waals surface area contributed by atoms with E-state index in [1.807, 2.05) is 11.8 Å². The van der Waals surface area contributed by atoms with Gasteiger partial charge in [-0.25, -0.2) is 4.98 Å². The molecule has 2 fully saturated rings. The minimum absolute atomic E-state index is 0.0579. The molecule has 0 atom stereocenters. The van der Waals surface area contributed by atoms with Crippen LogP contribution >= 0.6 is 0 Å². The Kier molecular flexibility index (Phi) is 4.88. The van der Waals surface area contributed by atoms with E-state index < -0.39 is 0 Å². The van der Waals surface area contributed by atoms with Gasteiger partial charge >= 0.3 is 0 Å². The highest BCUT2D eigenvalue weighted by Crippen LogP contribution is 2.26. The Morgan fingerprint density at radius 2 is 1.96 bits per heavy atom. The molecule has 6 heteroatoms. The molecule has 1 saturated carbocycles. The Balaban J connectivity index is 1.55. The van der Waals surface area contributed by atoms with Gasteiger partial charge in [0, 0.05) is 38.1 Å². The van der Waals surface area contributed by atoms with E-state index in [1.165, 1.54) is 31.7 Å². The van der Waals surface area contributed by atoms with Crippen LogP contribution in [0.5, 0.6) is 0 Å². The molecule has 1 saturated heterocycles. The summed E-state index contributed by atoms with van der Waals surface area (Å²) in [6.07, 6.45) is 10.5. The Hall–Kier alpha value is -1.98. The van der Waals surface area contributed by atoms with Crippen molar-refractivity contribution in [3.8, 4) is 0 Å². The summed E-state index contributed by atoms with van der Waals surface area (Å²) in [6.45, 7) is 3.81. The number of rotatable bonds is 4. The fourth-order valence-corrected chi connectivity index (χ4v) is 3.59. The molecule has 0 spiro atoms. The van der Waals surface area contributed by atoms with Crippen molar-refractivity contribution in [1.29, 1.82) is 0 Å². The number of carbonyl (C=O) groups excluding carboxylic acids is 2. The van der Waals surface area contributed by atoms with Crippen molar-refractivity contribution in [2.75, 3.05) is 19.6 Å². The predicted octanol–water partition coefficient (Wildman–Crippen LogP) is 1.73. The summed E-state index contributed by atoms with van der Waals surface area (Å²) < 4.78 is 0. The molecule has 1 aromatic heterocycles. The quantitative estimate of drug-likeness (QED) is 0.848. The van der Waals surface area contributed by atoms with Crippen molar-refractivity contribution in [1.82, 2.24) is 19.8 Å². The highest BCUT2D eigenvalue weighted by molar-refractivity contribution is 5.94. The van der Waals surface area contributed by atoms with Gasteiger partial charge in [0.1, 0.15) is 5.69 Å². The lowest BCUT2D eigenvalue weighted by atomic mass is 9.91. The molecule has 1 aliphatic carbocycles. The van der Waals surface area contributed by atoms with Gasteiger partial charge in [0.2, 0.25) is 5.91 Å². The Morgan fingerprint density at radius 3 is 2.57 bits per heavy atom. The van der Waals surface area contributed by atoms with Crippen LogP contribution in [-0.2, 0) is 4.79 Å². The molecule has 0 aromatic carbocycles. The minimum Gasteiger partial charge on any atom is -0.340 e. The molecule has 1 aliphatic heterocycles. The van der Waals surface area contributed by atoms with E-state index in [1.54, 1.807) is 11.1 Å². The highest BCUT2D eigenvalue weighted by atomic mass is 16.2. The third kappa shape index (κ3) is 3.35. The van der Waals surface area contributed by atoms with Gasteiger partial charge < -0.3 is 9.80 Å². The molecule has 124 valence electrons. The van der Waals surface area contributed by atoms with Crippen LogP contribution in [-0.4, -0.2) is 57.3 Å². The molecule has 0 radical (unpaired) electrons. The average molecular weight is 316 g/mol. The first-order valence-electron chi connectivity index (χ1n) is 8.56. The molecule has 2 aliphatic rings. The van der Waals surface area contributed by atoms with Gasteiger partial charge in [0.15, 0.2) is 0 Å². The van der Waals surface area contributed by atoms with Crippen molar-refractivity contribution in [3.05, 3.63) is 24.3 Å². The fourth-order valence-electron chi connectivity index (χ4n) is 3.59. The number of aromatic nitrogens is 2. The van der Waals surface area contributed by atoms with Crippen LogP contribution in [0.15, 0.2) is 18.6 Å². The molecule has 0 unspecified atom stereocenters. The molecule has 1 aromatic rings. The molecule has 3 rings (SSSR count). The molecular weight excluding hydrogens is 292 g/mol. The molecule has 0 bridgehead atoms. The second-order valence-electron chi connectivity index (χ2n) is 6.41.